The van der Waals surface area contributed by atoms with Crippen molar-refractivity contribution in [2.24, 2.45) is 11.8 Å². The van der Waals surface area contributed by atoms with E-state index in [0.29, 0.717) is 5.92 Å². The van der Waals surface area contributed by atoms with E-state index >= 15 is 0 Å². The molecular weight excluding hydrogens is 248 g/mol. The van der Waals surface area contributed by atoms with Crippen molar-refractivity contribution in [1.82, 2.24) is 15.2 Å². The molecule has 4 nitrogen and oxygen atoms in total. The SMILES string of the molecule is CCc1nn(CC)c(CC(NN)C(C)CC)c1Cl. The highest BCUT2D eigenvalue weighted by molar-refractivity contribution is 6.31. The van der Waals surface area contributed by atoms with Crippen LogP contribution in [-0.4, -0.2) is 15.8 Å². The Hall–Kier alpha value is -0.580. The van der Waals surface area contributed by atoms with Gasteiger partial charge in [-0.25, -0.2) is 0 Å². The normalized spacial score (nSPS) is 14.8. The maximum absolute atomic E-state index is 6.41. The van der Waals surface area contributed by atoms with Crippen LogP contribution in [0.15, 0.2) is 0 Å². The van der Waals surface area contributed by atoms with Gasteiger partial charge in [-0.2, -0.15) is 5.10 Å². The molecule has 0 bridgehead atoms. The van der Waals surface area contributed by atoms with Crippen molar-refractivity contribution < 1.29 is 0 Å². The van der Waals surface area contributed by atoms with Crippen LogP contribution < -0.4 is 11.3 Å². The Morgan fingerprint density at radius 2 is 2.06 bits per heavy atom. The lowest BCUT2D eigenvalue weighted by molar-refractivity contribution is 0.362. The molecule has 1 aromatic rings. The predicted octanol–water partition coefficient (Wildman–Crippen LogP) is 2.54. The minimum atomic E-state index is 0.235. The first kappa shape index (κ1) is 15.5. The molecule has 0 radical (unpaired) electrons. The van der Waals surface area contributed by atoms with Gasteiger partial charge in [-0.1, -0.05) is 38.8 Å². The van der Waals surface area contributed by atoms with Crippen molar-refractivity contribution in [3.8, 4) is 0 Å². The molecule has 1 rings (SSSR count). The molecule has 1 aromatic heterocycles. The third-order valence-corrected chi connectivity index (χ3v) is 4.09. The van der Waals surface area contributed by atoms with Gasteiger partial charge < -0.3 is 0 Å². The molecule has 0 saturated carbocycles. The third-order valence-electron chi connectivity index (χ3n) is 3.65. The number of nitrogens with one attached hydrogen (secondary N) is 1. The van der Waals surface area contributed by atoms with E-state index < -0.39 is 0 Å². The lowest BCUT2D eigenvalue weighted by atomic mass is 9.95. The lowest BCUT2D eigenvalue weighted by Crippen LogP contribution is -2.41. The molecular formula is C13H25ClN4. The van der Waals surface area contributed by atoms with E-state index in [1.165, 1.54) is 0 Å². The molecule has 0 saturated heterocycles. The second-order valence-electron chi connectivity index (χ2n) is 4.74. The molecule has 2 unspecified atom stereocenters. The summed E-state index contributed by atoms with van der Waals surface area (Å²) in [6.45, 7) is 9.37. The summed E-state index contributed by atoms with van der Waals surface area (Å²) in [6, 6.07) is 0.235. The van der Waals surface area contributed by atoms with E-state index in [1.54, 1.807) is 0 Å². The Balaban J connectivity index is 2.97. The molecule has 3 N–H and O–H groups in total. The molecule has 104 valence electrons. The van der Waals surface area contributed by atoms with Crippen molar-refractivity contribution >= 4 is 11.6 Å². The molecule has 0 aromatic carbocycles. The van der Waals surface area contributed by atoms with Crippen LogP contribution in [0.4, 0.5) is 0 Å². The van der Waals surface area contributed by atoms with Gasteiger partial charge in [-0.05, 0) is 19.3 Å². The Kier molecular flexibility index (Phi) is 6.12. The zero-order chi connectivity index (χ0) is 13.7. The summed E-state index contributed by atoms with van der Waals surface area (Å²) in [4.78, 5) is 0. The maximum atomic E-state index is 6.41. The zero-order valence-electron chi connectivity index (χ0n) is 11.8. The Morgan fingerprint density at radius 3 is 2.50 bits per heavy atom. The van der Waals surface area contributed by atoms with E-state index in [2.05, 4.69) is 38.2 Å². The van der Waals surface area contributed by atoms with Crippen LogP contribution in [0.25, 0.3) is 0 Å². The number of hydrogen-bond acceptors (Lipinski definition) is 3. The average molecular weight is 273 g/mol. The summed E-state index contributed by atoms with van der Waals surface area (Å²) in [5, 5.41) is 5.34. The molecule has 1 heterocycles. The van der Waals surface area contributed by atoms with Crippen molar-refractivity contribution in [3.05, 3.63) is 16.4 Å². The number of hydrazine groups is 1. The molecule has 5 heteroatoms. The summed E-state index contributed by atoms with van der Waals surface area (Å²) < 4.78 is 1.99. The quantitative estimate of drug-likeness (QED) is 0.592. The predicted molar refractivity (Wildman–Crippen MR) is 76.6 cm³/mol. The molecule has 0 aliphatic carbocycles. The van der Waals surface area contributed by atoms with Crippen LogP contribution in [-0.2, 0) is 19.4 Å². The molecule has 0 spiro atoms. The Labute approximate surface area is 115 Å². The fourth-order valence-corrected chi connectivity index (χ4v) is 2.48. The highest BCUT2D eigenvalue weighted by Gasteiger charge is 2.21. The van der Waals surface area contributed by atoms with Crippen LogP contribution in [0.1, 0.15) is 45.5 Å². The third kappa shape index (κ3) is 3.25. The highest BCUT2D eigenvalue weighted by atomic mass is 35.5. The molecule has 2 atom stereocenters. The summed E-state index contributed by atoms with van der Waals surface area (Å²) in [6.07, 6.45) is 2.78. The van der Waals surface area contributed by atoms with Gasteiger partial charge >= 0.3 is 0 Å². The number of hydrogen-bond donors (Lipinski definition) is 2. The van der Waals surface area contributed by atoms with E-state index in [9.17, 15) is 0 Å². The monoisotopic (exact) mass is 272 g/mol. The first-order valence-electron chi connectivity index (χ1n) is 6.79. The highest BCUT2D eigenvalue weighted by Crippen LogP contribution is 2.24. The van der Waals surface area contributed by atoms with Crippen molar-refractivity contribution in [2.75, 3.05) is 0 Å². The summed E-state index contributed by atoms with van der Waals surface area (Å²) in [5.41, 5.74) is 4.98. The van der Waals surface area contributed by atoms with Gasteiger partial charge in [0, 0.05) is 19.0 Å². The molecule has 0 aliphatic rings. The summed E-state index contributed by atoms with van der Waals surface area (Å²) in [5.74, 6) is 6.17. The number of aromatic nitrogens is 2. The van der Waals surface area contributed by atoms with Gasteiger partial charge in [0.05, 0.1) is 16.4 Å². The minimum Gasteiger partial charge on any atom is -0.271 e. The second kappa shape index (κ2) is 7.12. The second-order valence-corrected chi connectivity index (χ2v) is 5.12. The topological polar surface area (TPSA) is 55.9 Å². The molecule has 0 aliphatic heterocycles. The zero-order valence-corrected chi connectivity index (χ0v) is 12.6. The number of rotatable bonds is 7. The summed E-state index contributed by atoms with van der Waals surface area (Å²) in [7, 11) is 0. The average Bonchev–Trinajstić information content (AvgIpc) is 2.71. The van der Waals surface area contributed by atoms with Gasteiger partial charge in [-0.3, -0.25) is 16.0 Å². The fraction of sp³-hybridized carbons (Fsp3) is 0.769. The van der Waals surface area contributed by atoms with Gasteiger partial charge in [-0.15, -0.1) is 0 Å². The first-order chi connectivity index (χ1) is 8.58. The molecule has 0 amide bonds. The fourth-order valence-electron chi connectivity index (χ4n) is 2.13. The van der Waals surface area contributed by atoms with Crippen LogP contribution in [0.3, 0.4) is 0 Å². The van der Waals surface area contributed by atoms with E-state index in [0.717, 1.165) is 42.2 Å². The standard InChI is InChI=1S/C13H25ClN4/c1-5-9(4)11(16-15)8-12-13(14)10(6-2)17-18(12)7-3/h9,11,16H,5-8,15H2,1-4H3. The Bertz CT molecular complexity index is 375. The van der Waals surface area contributed by atoms with Crippen molar-refractivity contribution in [3.63, 3.8) is 0 Å². The lowest BCUT2D eigenvalue weighted by Gasteiger charge is -2.22. The first-order valence-corrected chi connectivity index (χ1v) is 7.16. The smallest absolute Gasteiger partial charge is 0.0850 e. The van der Waals surface area contributed by atoms with Crippen LogP contribution in [0.2, 0.25) is 5.02 Å². The number of aryl methyl sites for hydroxylation is 2. The van der Waals surface area contributed by atoms with Gasteiger partial charge in [0.25, 0.3) is 0 Å². The number of nitrogens with two attached hydrogens (primary N) is 1. The van der Waals surface area contributed by atoms with E-state index in [-0.39, 0.29) is 6.04 Å². The van der Waals surface area contributed by atoms with Crippen LogP contribution in [0, 0.1) is 5.92 Å². The van der Waals surface area contributed by atoms with E-state index in [1.807, 2.05) is 4.68 Å². The minimum absolute atomic E-state index is 0.235. The van der Waals surface area contributed by atoms with Crippen molar-refractivity contribution in [2.45, 2.75) is 59.5 Å². The molecule has 18 heavy (non-hydrogen) atoms. The van der Waals surface area contributed by atoms with Gasteiger partial charge in [0.1, 0.15) is 0 Å². The van der Waals surface area contributed by atoms with Crippen LogP contribution in [0.5, 0.6) is 0 Å². The van der Waals surface area contributed by atoms with E-state index in [4.69, 9.17) is 17.4 Å². The largest absolute Gasteiger partial charge is 0.271 e. The number of halogens is 1. The van der Waals surface area contributed by atoms with Crippen molar-refractivity contribution in [1.29, 1.82) is 0 Å². The molecule has 0 fully saturated rings. The number of nitrogens with zero attached hydrogens (tertiary/aromatic N) is 2. The Morgan fingerprint density at radius 1 is 1.39 bits per heavy atom. The van der Waals surface area contributed by atoms with Gasteiger partial charge in [0.15, 0.2) is 0 Å². The maximum Gasteiger partial charge on any atom is 0.0850 e. The summed E-state index contributed by atoms with van der Waals surface area (Å²) >= 11 is 6.41. The van der Waals surface area contributed by atoms with Gasteiger partial charge in [0.2, 0.25) is 0 Å². The van der Waals surface area contributed by atoms with Crippen LogP contribution >= 0.6 is 11.6 Å².